The Kier molecular flexibility index (Phi) is 5.09. The summed E-state index contributed by atoms with van der Waals surface area (Å²) in [6.45, 7) is 3.79. The Labute approximate surface area is 175 Å². The number of nitrogens with zero attached hydrogens (tertiary/aromatic N) is 2. The molecule has 0 unspecified atom stereocenters. The third kappa shape index (κ3) is 3.57. The van der Waals surface area contributed by atoms with Gasteiger partial charge in [-0.15, -0.1) is 0 Å². The maximum atomic E-state index is 12.4. The van der Waals surface area contributed by atoms with E-state index in [0.29, 0.717) is 22.2 Å². The number of para-hydroxylation sites is 1. The predicted octanol–water partition coefficient (Wildman–Crippen LogP) is 1.74. The van der Waals surface area contributed by atoms with Crippen molar-refractivity contribution < 1.29 is 14.7 Å². The first-order chi connectivity index (χ1) is 14.3. The van der Waals surface area contributed by atoms with Crippen molar-refractivity contribution in [3.63, 3.8) is 0 Å². The van der Waals surface area contributed by atoms with E-state index in [1.54, 1.807) is 36.4 Å². The van der Waals surface area contributed by atoms with E-state index in [4.69, 9.17) is 0 Å². The van der Waals surface area contributed by atoms with Crippen LogP contribution in [0.3, 0.4) is 0 Å². The minimum atomic E-state index is -0.530. The van der Waals surface area contributed by atoms with E-state index in [0.717, 1.165) is 21.5 Å². The van der Waals surface area contributed by atoms with Crippen LogP contribution in [0, 0.1) is 0 Å². The van der Waals surface area contributed by atoms with E-state index in [2.05, 4.69) is 24.2 Å². The summed E-state index contributed by atoms with van der Waals surface area (Å²) in [6.07, 6.45) is 0. The number of aromatic nitrogens is 1. The van der Waals surface area contributed by atoms with Gasteiger partial charge in [0.1, 0.15) is 11.4 Å². The smallest absolute Gasteiger partial charge is 0.311 e. The molecule has 2 heterocycles. The number of hydrogen-bond acceptors (Lipinski definition) is 5. The molecule has 1 aliphatic heterocycles. The molecule has 8 heteroatoms. The van der Waals surface area contributed by atoms with Crippen LogP contribution in [0.2, 0.25) is 0 Å². The molecule has 7 nitrogen and oxygen atoms in total. The average Bonchev–Trinajstić information content (AvgIpc) is 3.18. The quantitative estimate of drug-likeness (QED) is 0.655. The summed E-state index contributed by atoms with van der Waals surface area (Å²) in [5.41, 5.74) is 1.92. The average molecular weight is 421 g/mol. The van der Waals surface area contributed by atoms with Crippen molar-refractivity contribution in [2.24, 2.45) is 4.99 Å². The second-order valence-electron chi connectivity index (χ2n) is 7.24. The number of carbonyl (C=O) groups is 2. The Hall–Kier alpha value is -3.52. The van der Waals surface area contributed by atoms with Crippen molar-refractivity contribution >= 4 is 34.4 Å². The van der Waals surface area contributed by atoms with E-state index in [9.17, 15) is 19.5 Å². The van der Waals surface area contributed by atoms with Crippen LogP contribution in [-0.4, -0.2) is 21.5 Å². The molecule has 2 aromatic carbocycles. The van der Waals surface area contributed by atoms with Crippen molar-refractivity contribution in [3.8, 4) is 5.88 Å². The number of rotatable bonds is 5. The third-order valence-corrected chi connectivity index (χ3v) is 5.85. The molecule has 0 atom stereocenters. The molecule has 3 aromatic rings. The van der Waals surface area contributed by atoms with E-state index >= 15 is 0 Å². The Morgan fingerprint density at radius 1 is 1.13 bits per heavy atom. The lowest BCUT2D eigenvalue weighted by molar-refractivity contribution is -0.117. The summed E-state index contributed by atoms with van der Waals surface area (Å²) in [7, 11) is 0. The Bertz CT molecular complexity index is 1330. The fourth-order valence-corrected chi connectivity index (χ4v) is 4.21. The number of anilines is 1. The van der Waals surface area contributed by atoms with Gasteiger partial charge in [-0.2, -0.15) is 0 Å². The van der Waals surface area contributed by atoms with Crippen molar-refractivity contribution in [2.45, 2.75) is 26.3 Å². The van der Waals surface area contributed by atoms with Gasteiger partial charge in [0.25, 0.3) is 5.91 Å². The molecule has 4 rings (SSSR count). The van der Waals surface area contributed by atoms with Crippen molar-refractivity contribution in [2.75, 3.05) is 5.32 Å². The minimum absolute atomic E-state index is 0.118. The van der Waals surface area contributed by atoms with E-state index in [1.165, 1.54) is 0 Å². The van der Waals surface area contributed by atoms with Gasteiger partial charge in [0.15, 0.2) is 0 Å². The molecule has 2 N–H and O–H groups in total. The molecule has 1 aliphatic rings. The van der Waals surface area contributed by atoms with Crippen LogP contribution in [0.15, 0.2) is 58.3 Å². The number of carbonyl (C=O) groups excluding carboxylic acids is 2. The number of hydrogen-bond donors (Lipinski definition) is 2. The maximum Gasteiger partial charge on any atom is 0.311 e. The second-order valence-corrected chi connectivity index (χ2v) is 8.20. The number of nitrogens with one attached hydrogen (secondary N) is 1. The topological polar surface area (TPSA) is 101 Å². The van der Waals surface area contributed by atoms with E-state index in [1.807, 2.05) is 12.1 Å². The van der Waals surface area contributed by atoms with E-state index < -0.39 is 22.6 Å². The first kappa shape index (κ1) is 19.8. The molecule has 0 bridgehead atoms. The van der Waals surface area contributed by atoms with Gasteiger partial charge in [0, 0.05) is 10.9 Å². The fraction of sp³-hybridized carbons (Fsp3) is 0.182. The molecule has 2 amide bonds. The number of fused-ring (bicyclic) bond motifs is 1. The van der Waals surface area contributed by atoms with Crippen LogP contribution in [0.25, 0.3) is 5.57 Å². The molecule has 1 aromatic heterocycles. The SMILES string of the molecule is CC(C)c1ccc(NC(=O)Cn2c(O)c(C3=c4ccccc4=NC3=O)sc2=O)cc1. The Balaban J connectivity index is 1.61. The number of thiazole rings is 1. The van der Waals surface area contributed by atoms with Gasteiger partial charge < -0.3 is 10.4 Å². The predicted molar refractivity (Wildman–Crippen MR) is 114 cm³/mol. The van der Waals surface area contributed by atoms with Crippen LogP contribution < -0.4 is 20.8 Å². The summed E-state index contributed by atoms with van der Waals surface area (Å²) in [5.74, 6) is -1.01. The highest BCUT2D eigenvalue weighted by atomic mass is 32.1. The lowest BCUT2D eigenvalue weighted by Crippen LogP contribution is -2.24. The molecule has 152 valence electrons. The highest BCUT2D eigenvalue weighted by molar-refractivity contribution is 7.11. The molecule has 0 saturated heterocycles. The van der Waals surface area contributed by atoms with Gasteiger partial charge in [0.2, 0.25) is 11.8 Å². The van der Waals surface area contributed by atoms with Gasteiger partial charge >= 0.3 is 4.87 Å². The minimum Gasteiger partial charge on any atom is -0.493 e. The normalized spacial score (nSPS) is 12.8. The zero-order valence-corrected chi connectivity index (χ0v) is 17.2. The molecular formula is C22H19N3O4S. The summed E-state index contributed by atoms with van der Waals surface area (Å²) < 4.78 is 0.957. The molecule has 0 saturated carbocycles. The maximum absolute atomic E-state index is 12.4. The van der Waals surface area contributed by atoms with Crippen molar-refractivity contribution in [3.05, 3.63) is 79.2 Å². The molecular weight excluding hydrogens is 402 g/mol. The highest BCUT2D eigenvalue weighted by Gasteiger charge is 2.26. The first-order valence-corrected chi connectivity index (χ1v) is 10.2. The lowest BCUT2D eigenvalue weighted by atomic mass is 10.0. The molecule has 0 aliphatic carbocycles. The summed E-state index contributed by atoms with van der Waals surface area (Å²) in [6, 6.07) is 14.3. The third-order valence-electron chi connectivity index (χ3n) is 4.87. The molecule has 0 fully saturated rings. The van der Waals surface area contributed by atoms with Gasteiger partial charge in [0.05, 0.1) is 10.9 Å². The van der Waals surface area contributed by atoms with Crippen LogP contribution in [0.1, 0.15) is 30.2 Å². The largest absolute Gasteiger partial charge is 0.493 e. The molecule has 0 radical (unpaired) electrons. The monoisotopic (exact) mass is 421 g/mol. The Morgan fingerprint density at radius 3 is 2.53 bits per heavy atom. The fourth-order valence-electron chi connectivity index (χ4n) is 3.28. The summed E-state index contributed by atoms with van der Waals surface area (Å²) in [5, 5.41) is 14.4. The second kappa shape index (κ2) is 7.72. The molecule has 0 spiro atoms. The zero-order valence-electron chi connectivity index (χ0n) is 16.4. The van der Waals surface area contributed by atoms with Crippen LogP contribution in [-0.2, 0) is 16.1 Å². The van der Waals surface area contributed by atoms with Gasteiger partial charge in [-0.3, -0.25) is 19.0 Å². The number of amides is 2. The van der Waals surface area contributed by atoms with Gasteiger partial charge in [-0.25, -0.2) is 4.99 Å². The van der Waals surface area contributed by atoms with Crippen LogP contribution in [0.4, 0.5) is 5.69 Å². The first-order valence-electron chi connectivity index (χ1n) is 9.40. The van der Waals surface area contributed by atoms with E-state index in [-0.39, 0.29) is 17.0 Å². The van der Waals surface area contributed by atoms with Crippen LogP contribution in [0.5, 0.6) is 5.88 Å². The van der Waals surface area contributed by atoms with Crippen molar-refractivity contribution in [1.29, 1.82) is 0 Å². The highest BCUT2D eigenvalue weighted by Crippen LogP contribution is 2.28. The number of benzene rings is 2. The van der Waals surface area contributed by atoms with Crippen LogP contribution >= 0.6 is 11.3 Å². The van der Waals surface area contributed by atoms with Gasteiger partial charge in [-0.1, -0.05) is 55.5 Å². The Morgan fingerprint density at radius 2 is 1.83 bits per heavy atom. The summed E-state index contributed by atoms with van der Waals surface area (Å²) in [4.78, 5) is 40.7. The summed E-state index contributed by atoms with van der Waals surface area (Å²) >= 11 is 0.719. The van der Waals surface area contributed by atoms with Crippen molar-refractivity contribution in [1.82, 2.24) is 4.57 Å². The number of aromatic hydroxyl groups is 1. The van der Waals surface area contributed by atoms with Gasteiger partial charge in [-0.05, 0) is 29.7 Å². The standard InChI is InChI=1S/C22H19N3O4S/c1-12(2)13-7-9-14(10-8-13)23-17(26)11-25-21(28)19(30-22(25)29)18-15-5-3-4-6-16(15)24-20(18)27/h3-10,12,28H,11H2,1-2H3,(H,23,26). The zero-order chi connectivity index (χ0) is 21.4. The molecule has 30 heavy (non-hydrogen) atoms. The lowest BCUT2D eigenvalue weighted by Gasteiger charge is -2.09.